The summed E-state index contributed by atoms with van der Waals surface area (Å²) < 4.78 is 5.19. The summed E-state index contributed by atoms with van der Waals surface area (Å²) in [6.07, 6.45) is 1.23. The minimum absolute atomic E-state index is 0.0400. The van der Waals surface area contributed by atoms with Gasteiger partial charge in [0.1, 0.15) is 0 Å². The maximum absolute atomic E-state index is 12.8. The monoisotopic (exact) mass is 289 g/mol. The van der Waals surface area contributed by atoms with Gasteiger partial charge in [0.05, 0.1) is 19.1 Å². The number of carboxylic acid groups (broad SMARTS) is 1. The van der Waals surface area contributed by atoms with Crippen LogP contribution in [0.5, 0.6) is 0 Å². The lowest BCUT2D eigenvalue weighted by Gasteiger charge is -2.33. The molecule has 5 heteroatoms. The molecular formula is C16H19NO4. The Morgan fingerprint density at radius 1 is 1.24 bits per heavy atom. The van der Waals surface area contributed by atoms with Crippen molar-refractivity contribution in [3.05, 3.63) is 35.9 Å². The first-order valence-electron chi connectivity index (χ1n) is 7.35. The molecule has 1 saturated heterocycles. The van der Waals surface area contributed by atoms with Gasteiger partial charge in [-0.15, -0.1) is 0 Å². The standard InChI is InChI=1S/C16H19NO4/c18-15(17-8-9-21-13(10-17)16(19)20)14(12-6-7-12)11-4-2-1-3-5-11/h1-5,12-14H,6-10H2,(H,19,20). The molecule has 1 amide bonds. The van der Waals surface area contributed by atoms with E-state index in [9.17, 15) is 9.59 Å². The summed E-state index contributed by atoms with van der Waals surface area (Å²) in [4.78, 5) is 25.5. The van der Waals surface area contributed by atoms with Crippen LogP contribution in [-0.2, 0) is 14.3 Å². The van der Waals surface area contributed by atoms with E-state index in [4.69, 9.17) is 9.84 Å². The molecule has 3 rings (SSSR count). The number of rotatable bonds is 4. The average molecular weight is 289 g/mol. The van der Waals surface area contributed by atoms with Crippen LogP contribution in [0.2, 0.25) is 0 Å². The topological polar surface area (TPSA) is 66.8 Å². The number of amides is 1. The molecule has 112 valence electrons. The molecule has 1 aromatic carbocycles. The van der Waals surface area contributed by atoms with Crippen LogP contribution >= 0.6 is 0 Å². The Morgan fingerprint density at radius 3 is 2.57 bits per heavy atom. The average Bonchev–Trinajstić information content (AvgIpc) is 3.33. The van der Waals surface area contributed by atoms with Gasteiger partial charge in [-0.25, -0.2) is 4.79 Å². The molecule has 1 heterocycles. The van der Waals surface area contributed by atoms with Gasteiger partial charge in [0.2, 0.25) is 5.91 Å². The zero-order valence-corrected chi connectivity index (χ0v) is 11.8. The number of aliphatic carboxylic acids is 1. The van der Waals surface area contributed by atoms with Crippen molar-refractivity contribution in [1.29, 1.82) is 0 Å². The molecule has 2 fully saturated rings. The van der Waals surface area contributed by atoms with Gasteiger partial charge >= 0.3 is 5.97 Å². The van der Waals surface area contributed by atoms with Crippen LogP contribution in [0, 0.1) is 5.92 Å². The fourth-order valence-electron chi connectivity index (χ4n) is 2.90. The van der Waals surface area contributed by atoms with Crippen molar-refractivity contribution in [3.63, 3.8) is 0 Å². The summed E-state index contributed by atoms with van der Waals surface area (Å²) in [7, 11) is 0. The number of benzene rings is 1. The smallest absolute Gasteiger partial charge is 0.334 e. The van der Waals surface area contributed by atoms with E-state index < -0.39 is 12.1 Å². The first kappa shape index (κ1) is 14.1. The van der Waals surface area contributed by atoms with Crippen molar-refractivity contribution in [3.8, 4) is 0 Å². The largest absolute Gasteiger partial charge is 0.479 e. The summed E-state index contributed by atoms with van der Waals surface area (Å²) in [5.41, 5.74) is 1.03. The van der Waals surface area contributed by atoms with Crippen LogP contribution in [0.15, 0.2) is 30.3 Å². The molecule has 2 aliphatic rings. The van der Waals surface area contributed by atoms with E-state index in [1.54, 1.807) is 4.90 Å². The maximum atomic E-state index is 12.8. The van der Waals surface area contributed by atoms with Crippen molar-refractivity contribution < 1.29 is 19.4 Å². The Labute approximate surface area is 123 Å². The summed E-state index contributed by atoms with van der Waals surface area (Å²) in [6.45, 7) is 0.901. The third kappa shape index (κ3) is 3.08. The van der Waals surface area contributed by atoms with Crippen molar-refractivity contribution >= 4 is 11.9 Å². The zero-order chi connectivity index (χ0) is 14.8. The molecule has 1 aromatic rings. The Morgan fingerprint density at radius 2 is 1.95 bits per heavy atom. The second-order valence-corrected chi connectivity index (χ2v) is 5.71. The highest BCUT2D eigenvalue weighted by Gasteiger charge is 2.41. The number of morpholine rings is 1. The predicted molar refractivity (Wildman–Crippen MR) is 75.9 cm³/mol. The van der Waals surface area contributed by atoms with Crippen LogP contribution in [0.1, 0.15) is 24.3 Å². The van der Waals surface area contributed by atoms with E-state index in [0.29, 0.717) is 12.5 Å². The fourth-order valence-corrected chi connectivity index (χ4v) is 2.90. The Bertz CT molecular complexity index is 526. The number of carbonyl (C=O) groups is 2. The normalized spacial score (nSPS) is 23.6. The Hall–Kier alpha value is -1.88. The summed E-state index contributed by atoms with van der Waals surface area (Å²) in [6, 6.07) is 9.79. The van der Waals surface area contributed by atoms with Crippen molar-refractivity contribution in [1.82, 2.24) is 4.90 Å². The molecule has 1 aliphatic heterocycles. The molecule has 5 nitrogen and oxygen atoms in total. The van der Waals surface area contributed by atoms with Gasteiger partial charge in [-0.05, 0) is 24.3 Å². The van der Waals surface area contributed by atoms with E-state index in [0.717, 1.165) is 18.4 Å². The zero-order valence-electron chi connectivity index (χ0n) is 11.8. The van der Waals surface area contributed by atoms with Gasteiger partial charge in [-0.3, -0.25) is 4.79 Å². The number of hydrogen-bond acceptors (Lipinski definition) is 3. The van der Waals surface area contributed by atoms with Crippen LogP contribution in [0.4, 0.5) is 0 Å². The van der Waals surface area contributed by atoms with Gasteiger partial charge in [0.15, 0.2) is 6.10 Å². The van der Waals surface area contributed by atoms with Gasteiger partial charge in [-0.1, -0.05) is 30.3 Å². The summed E-state index contributed by atoms with van der Waals surface area (Å²) in [5, 5.41) is 9.05. The summed E-state index contributed by atoms with van der Waals surface area (Å²) >= 11 is 0. The minimum Gasteiger partial charge on any atom is -0.479 e. The molecule has 0 aromatic heterocycles. The molecule has 1 aliphatic carbocycles. The van der Waals surface area contributed by atoms with Crippen LogP contribution in [0.3, 0.4) is 0 Å². The Balaban J connectivity index is 1.77. The van der Waals surface area contributed by atoms with Crippen molar-refractivity contribution in [2.24, 2.45) is 5.92 Å². The first-order chi connectivity index (χ1) is 10.2. The van der Waals surface area contributed by atoms with Crippen LogP contribution < -0.4 is 0 Å². The highest BCUT2D eigenvalue weighted by Crippen LogP contribution is 2.43. The lowest BCUT2D eigenvalue weighted by Crippen LogP contribution is -2.50. The number of carboxylic acids is 1. The number of hydrogen-bond donors (Lipinski definition) is 1. The van der Waals surface area contributed by atoms with E-state index in [1.165, 1.54) is 0 Å². The molecule has 0 spiro atoms. The highest BCUT2D eigenvalue weighted by atomic mass is 16.5. The van der Waals surface area contributed by atoms with Crippen LogP contribution in [0.25, 0.3) is 0 Å². The molecule has 2 atom stereocenters. The molecule has 1 N–H and O–H groups in total. The van der Waals surface area contributed by atoms with Gasteiger partial charge < -0.3 is 14.7 Å². The molecule has 0 bridgehead atoms. The lowest BCUT2D eigenvalue weighted by molar-refractivity contribution is -0.159. The summed E-state index contributed by atoms with van der Waals surface area (Å²) in [5.74, 6) is -0.710. The lowest BCUT2D eigenvalue weighted by atomic mass is 9.92. The number of nitrogens with zero attached hydrogens (tertiary/aromatic N) is 1. The van der Waals surface area contributed by atoms with E-state index in [-0.39, 0.29) is 25.0 Å². The SMILES string of the molecule is O=C(O)C1CN(C(=O)C(c2ccccc2)C2CC2)CCO1. The maximum Gasteiger partial charge on any atom is 0.334 e. The predicted octanol–water partition coefficient (Wildman–Crippen LogP) is 1.49. The Kier molecular flexibility index (Phi) is 3.92. The molecule has 1 saturated carbocycles. The van der Waals surface area contributed by atoms with Crippen LogP contribution in [-0.4, -0.2) is 47.7 Å². The van der Waals surface area contributed by atoms with Crippen molar-refractivity contribution in [2.45, 2.75) is 24.9 Å². The first-order valence-corrected chi connectivity index (χ1v) is 7.35. The number of ether oxygens (including phenoxy) is 1. The molecule has 21 heavy (non-hydrogen) atoms. The van der Waals surface area contributed by atoms with E-state index in [2.05, 4.69) is 0 Å². The highest BCUT2D eigenvalue weighted by molar-refractivity contribution is 5.85. The minimum atomic E-state index is -1.00. The van der Waals surface area contributed by atoms with Gasteiger partial charge in [0.25, 0.3) is 0 Å². The van der Waals surface area contributed by atoms with Gasteiger partial charge in [0, 0.05) is 6.54 Å². The third-order valence-corrected chi connectivity index (χ3v) is 4.17. The second-order valence-electron chi connectivity index (χ2n) is 5.71. The molecule has 0 radical (unpaired) electrons. The fraction of sp³-hybridized carbons (Fsp3) is 0.500. The molecular weight excluding hydrogens is 270 g/mol. The number of carbonyl (C=O) groups excluding carboxylic acids is 1. The second kappa shape index (κ2) is 5.85. The quantitative estimate of drug-likeness (QED) is 0.912. The van der Waals surface area contributed by atoms with Crippen molar-refractivity contribution in [2.75, 3.05) is 19.7 Å². The van der Waals surface area contributed by atoms with E-state index >= 15 is 0 Å². The third-order valence-electron chi connectivity index (χ3n) is 4.17. The van der Waals surface area contributed by atoms with E-state index in [1.807, 2.05) is 30.3 Å². The molecule has 2 unspecified atom stereocenters. The van der Waals surface area contributed by atoms with Gasteiger partial charge in [-0.2, -0.15) is 0 Å².